The summed E-state index contributed by atoms with van der Waals surface area (Å²) >= 11 is 13.3. The van der Waals surface area contributed by atoms with E-state index in [0.29, 0.717) is 27.9 Å². The van der Waals surface area contributed by atoms with Gasteiger partial charge in [0.1, 0.15) is 5.54 Å². The van der Waals surface area contributed by atoms with Gasteiger partial charge in [0.2, 0.25) is 0 Å². The molecular weight excluding hydrogens is 379 g/mol. The Labute approximate surface area is 160 Å². The minimum atomic E-state index is -1.06. The Morgan fingerprint density at radius 3 is 2.16 bits per heavy atom. The van der Waals surface area contributed by atoms with Gasteiger partial charge in [-0.15, -0.1) is 11.8 Å². The van der Waals surface area contributed by atoms with Gasteiger partial charge in [-0.2, -0.15) is 0 Å². The predicted molar refractivity (Wildman–Crippen MR) is 101 cm³/mol. The van der Waals surface area contributed by atoms with E-state index in [-0.39, 0.29) is 11.9 Å². The first-order valence-electron chi connectivity index (χ1n) is 7.69. The van der Waals surface area contributed by atoms with Crippen LogP contribution in [0.15, 0.2) is 53.4 Å². The lowest BCUT2D eigenvalue weighted by molar-refractivity contribution is -0.130. The number of urea groups is 1. The number of thioether (sulfide) groups is 1. The van der Waals surface area contributed by atoms with Crippen LogP contribution in [0.25, 0.3) is 0 Å². The average Bonchev–Trinajstić information content (AvgIpc) is 2.81. The van der Waals surface area contributed by atoms with Gasteiger partial charge in [-0.1, -0.05) is 35.3 Å². The summed E-state index contributed by atoms with van der Waals surface area (Å²) in [5.74, 6) is 0.355. The summed E-state index contributed by atoms with van der Waals surface area (Å²) in [5, 5.41) is 4.05. The highest BCUT2D eigenvalue weighted by Gasteiger charge is 2.48. The summed E-state index contributed by atoms with van der Waals surface area (Å²) in [6.07, 6.45) is 0. The van der Waals surface area contributed by atoms with Crippen molar-refractivity contribution >= 4 is 46.9 Å². The number of nitrogens with zero attached hydrogens (tertiary/aromatic N) is 1. The standard InChI is InChI=1S/C18H16Cl2N2O2S/c1-18(12-2-4-13(19)5-3-12)16(23)22(17(24)21-18)10-11-25-15-8-6-14(20)7-9-15/h2-9H,10-11H2,1H3,(H,21,24). The van der Waals surface area contributed by atoms with Crippen molar-refractivity contribution in [2.24, 2.45) is 0 Å². The van der Waals surface area contributed by atoms with Crippen LogP contribution in [0, 0.1) is 0 Å². The second-order valence-electron chi connectivity index (χ2n) is 5.82. The smallest absolute Gasteiger partial charge is 0.319 e. The van der Waals surface area contributed by atoms with Crippen LogP contribution in [0.1, 0.15) is 12.5 Å². The average molecular weight is 395 g/mol. The van der Waals surface area contributed by atoms with Gasteiger partial charge in [0.05, 0.1) is 0 Å². The minimum Gasteiger partial charge on any atom is -0.319 e. The summed E-state index contributed by atoms with van der Waals surface area (Å²) in [4.78, 5) is 27.4. The summed E-state index contributed by atoms with van der Waals surface area (Å²) in [6.45, 7) is 2.05. The number of imide groups is 1. The highest BCUT2D eigenvalue weighted by molar-refractivity contribution is 7.99. The summed E-state index contributed by atoms with van der Waals surface area (Å²) in [5.41, 5.74) is -0.352. The molecule has 1 unspecified atom stereocenters. The number of rotatable bonds is 5. The minimum absolute atomic E-state index is 0.253. The molecule has 130 valence electrons. The van der Waals surface area contributed by atoms with Crippen molar-refractivity contribution in [1.82, 2.24) is 10.2 Å². The van der Waals surface area contributed by atoms with E-state index in [4.69, 9.17) is 23.2 Å². The molecule has 0 spiro atoms. The molecule has 0 saturated carbocycles. The number of halogens is 2. The molecule has 3 rings (SSSR count). The molecule has 7 heteroatoms. The van der Waals surface area contributed by atoms with E-state index in [1.807, 2.05) is 24.3 Å². The van der Waals surface area contributed by atoms with Gasteiger partial charge in [-0.05, 0) is 48.9 Å². The molecule has 2 aromatic rings. The number of hydrogen-bond acceptors (Lipinski definition) is 3. The third-order valence-electron chi connectivity index (χ3n) is 4.09. The van der Waals surface area contributed by atoms with Gasteiger partial charge in [0.25, 0.3) is 5.91 Å². The molecule has 0 bridgehead atoms. The van der Waals surface area contributed by atoms with E-state index < -0.39 is 5.54 Å². The second-order valence-corrected chi connectivity index (χ2v) is 7.86. The molecule has 1 aliphatic heterocycles. The maximum absolute atomic E-state index is 12.8. The topological polar surface area (TPSA) is 49.4 Å². The zero-order valence-corrected chi connectivity index (χ0v) is 15.8. The lowest BCUT2D eigenvalue weighted by atomic mass is 9.92. The van der Waals surface area contributed by atoms with Crippen LogP contribution in [0.5, 0.6) is 0 Å². The SMILES string of the molecule is CC1(c2ccc(Cl)cc2)NC(=O)N(CCSc2ccc(Cl)cc2)C1=O. The summed E-state index contributed by atoms with van der Waals surface area (Å²) in [7, 11) is 0. The third kappa shape index (κ3) is 3.78. The quantitative estimate of drug-likeness (QED) is 0.597. The molecule has 1 heterocycles. The van der Waals surface area contributed by atoms with E-state index in [0.717, 1.165) is 4.90 Å². The van der Waals surface area contributed by atoms with Crippen molar-refractivity contribution < 1.29 is 9.59 Å². The Bertz CT molecular complexity index is 796. The van der Waals surface area contributed by atoms with Crippen LogP contribution in [-0.2, 0) is 10.3 Å². The molecule has 0 radical (unpaired) electrons. The van der Waals surface area contributed by atoms with Crippen molar-refractivity contribution in [3.63, 3.8) is 0 Å². The van der Waals surface area contributed by atoms with Gasteiger partial charge < -0.3 is 5.32 Å². The van der Waals surface area contributed by atoms with Gasteiger partial charge in [0, 0.05) is 27.2 Å². The maximum atomic E-state index is 12.8. The second kappa shape index (κ2) is 7.28. The van der Waals surface area contributed by atoms with E-state index in [2.05, 4.69) is 5.32 Å². The van der Waals surface area contributed by atoms with Crippen LogP contribution < -0.4 is 5.32 Å². The Hall–Kier alpha value is -1.69. The number of carbonyl (C=O) groups is 2. The molecule has 3 amide bonds. The Kier molecular flexibility index (Phi) is 5.27. The van der Waals surface area contributed by atoms with Crippen molar-refractivity contribution in [2.75, 3.05) is 12.3 Å². The highest BCUT2D eigenvalue weighted by Crippen LogP contribution is 2.30. The first-order chi connectivity index (χ1) is 11.9. The molecule has 0 aliphatic carbocycles. The maximum Gasteiger partial charge on any atom is 0.325 e. The zero-order valence-electron chi connectivity index (χ0n) is 13.5. The molecular formula is C18H16Cl2N2O2S. The van der Waals surface area contributed by atoms with E-state index in [9.17, 15) is 9.59 Å². The fourth-order valence-corrected chi connectivity index (χ4v) is 3.75. The first kappa shape index (κ1) is 18.1. The number of hydrogen-bond donors (Lipinski definition) is 1. The lowest BCUT2D eigenvalue weighted by Gasteiger charge is -2.22. The van der Waals surface area contributed by atoms with Crippen LogP contribution in [0.2, 0.25) is 10.0 Å². The van der Waals surface area contributed by atoms with Gasteiger partial charge in [-0.3, -0.25) is 9.69 Å². The fourth-order valence-electron chi connectivity index (χ4n) is 2.66. The van der Waals surface area contributed by atoms with Gasteiger partial charge in [-0.25, -0.2) is 4.79 Å². The normalized spacial score (nSPS) is 20.0. The Balaban J connectivity index is 1.66. The van der Waals surface area contributed by atoms with Crippen molar-refractivity contribution in [3.05, 3.63) is 64.1 Å². The molecule has 0 aromatic heterocycles. The van der Waals surface area contributed by atoms with Crippen LogP contribution in [0.4, 0.5) is 4.79 Å². The van der Waals surface area contributed by atoms with Gasteiger partial charge >= 0.3 is 6.03 Å². The van der Waals surface area contributed by atoms with E-state index in [1.165, 1.54) is 4.90 Å². The zero-order chi connectivity index (χ0) is 18.0. The lowest BCUT2D eigenvalue weighted by Crippen LogP contribution is -2.41. The molecule has 1 aliphatic rings. The molecule has 1 N–H and O–H groups in total. The first-order valence-corrected chi connectivity index (χ1v) is 9.43. The predicted octanol–water partition coefficient (Wildman–Crippen LogP) is 4.55. The van der Waals surface area contributed by atoms with Crippen LogP contribution in [-0.4, -0.2) is 29.1 Å². The summed E-state index contributed by atoms with van der Waals surface area (Å²) in [6, 6.07) is 14.0. The largest absolute Gasteiger partial charge is 0.325 e. The number of nitrogens with one attached hydrogen (secondary N) is 1. The van der Waals surface area contributed by atoms with Crippen molar-refractivity contribution in [1.29, 1.82) is 0 Å². The molecule has 2 aromatic carbocycles. The molecule has 1 atom stereocenters. The molecule has 25 heavy (non-hydrogen) atoms. The number of amides is 3. The monoisotopic (exact) mass is 394 g/mol. The number of carbonyl (C=O) groups excluding carboxylic acids is 2. The fraction of sp³-hybridized carbons (Fsp3) is 0.222. The summed E-state index contributed by atoms with van der Waals surface area (Å²) < 4.78 is 0. The van der Waals surface area contributed by atoms with E-state index in [1.54, 1.807) is 43.0 Å². The highest BCUT2D eigenvalue weighted by atomic mass is 35.5. The van der Waals surface area contributed by atoms with Gasteiger partial charge in [0.15, 0.2) is 0 Å². The van der Waals surface area contributed by atoms with Crippen LogP contribution >= 0.6 is 35.0 Å². The van der Waals surface area contributed by atoms with Crippen molar-refractivity contribution in [3.8, 4) is 0 Å². The Morgan fingerprint density at radius 1 is 1.00 bits per heavy atom. The Morgan fingerprint density at radius 2 is 1.56 bits per heavy atom. The van der Waals surface area contributed by atoms with E-state index >= 15 is 0 Å². The van der Waals surface area contributed by atoms with Crippen molar-refractivity contribution in [2.45, 2.75) is 17.4 Å². The number of benzene rings is 2. The molecule has 4 nitrogen and oxygen atoms in total. The van der Waals surface area contributed by atoms with Crippen LogP contribution in [0.3, 0.4) is 0 Å². The molecule has 1 saturated heterocycles. The molecule has 1 fully saturated rings. The third-order valence-corrected chi connectivity index (χ3v) is 5.59.